The van der Waals surface area contributed by atoms with Gasteiger partial charge in [-0.3, -0.25) is 0 Å². The van der Waals surface area contributed by atoms with Gasteiger partial charge in [-0.1, -0.05) is 19.9 Å². The monoisotopic (exact) mass is 265 g/mol. The first kappa shape index (κ1) is 14.2. The molecule has 0 bridgehead atoms. The standard InChI is InChI=1S/C15H23NO3/c1-3-14(16)15(2,6-7-17)11-4-5-12-13(10-11)19-9-8-18-12/h4-5,10,14,17H,3,6-9,16H2,1-2H3. The van der Waals surface area contributed by atoms with Crippen LogP contribution in [0.3, 0.4) is 0 Å². The zero-order valence-corrected chi connectivity index (χ0v) is 11.7. The first-order valence-electron chi connectivity index (χ1n) is 6.88. The van der Waals surface area contributed by atoms with E-state index in [1.807, 2.05) is 18.2 Å². The molecule has 2 rings (SSSR count). The largest absolute Gasteiger partial charge is 0.486 e. The summed E-state index contributed by atoms with van der Waals surface area (Å²) < 4.78 is 11.2. The number of benzene rings is 1. The van der Waals surface area contributed by atoms with Crippen LogP contribution in [0.1, 0.15) is 32.3 Å². The summed E-state index contributed by atoms with van der Waals surface area (Å²) in [6.45, 7) is 5.46. The van der Waals surface area contributed by atoms with Crippen LogP contribution in [0.4, 0.5) is 0 Å². The van der Waals surface area contributed by atoms with Gasteiger partial charge in [-0.25, -0.2) is 0 Å². The predicted molar refractivity (Wildman–Crippen MR) is 74.8 cm³/mol. The average Bonchev–Trinajstić information content (AvgIpc) is 2.46. The summed E-state index contributed by atoms with van der Waals surface area (Å²) in [6, 6.07) is 5.96. The van der Waals surface area contributed by atoms with Crippen molar-refractivity contribution < 1.29 is 14.6 Å². The van der Waals surface area contributed by atoms with Crippen molar-refractivity contribution in [3.8, 4) is 11.5 Å². The van der Waals surface area contributed by atoms with Gasteiger partial charge in [0.1, 0.15) is 13.2 Å². The Morgan fingerprint density at radius 2 is 2.00 bits per heavy atom. The molecule has 1 heterocycles. The highest BCUT2D eigenvalue weighted by Gasteiger charge is 2.33. The number of hydrogen-bond donors (Lipinski definition) is 2. The molecular weight excluding hydrogens is 242 g/mol. The Morgan fingerprint density at radius 1 is 1.32 bits per heavy atom. The molecule has 0 fully saturated rings. The van der Waals surface area contributed by atoms with Crippen LogP contribution in [0.5, 0.6) is 11.5 Å². The summed E-state index contributed by atoms with van der Waals surface area (Å²) in [5, 5.41) is 9.33. The zero-order valence-electron chi connectivity index (χ0n) is 11.7. The molecule has 0 aromatic heterocycles. The lowest BCUT2D eigenvalue weighted by Crippen LogP contribution is -2.43. The second kappa shape index (κ2) is 5.80. The van der Waals surface area contributed by atoms with Crippen LogP contribution < -0.4 is 15.2 Å². The molecule has 3 N–H and O–H groups in total. The molecule has 0 radical (unpaired) electrons. The molecule has 1 aliphatic heterocycles. The highest BCUT2D eigenvalue weighted by molar-refractivity contribution is 5.46. The molecule has 4 nitrogen and oxygen atoms in total. The lowest BCUT2D eigenvalue weighted by atomic mass is 9.73. The van der Waals surface area contributed by atoms with Gasteiger partial charge in [0.15, 0.2) is 11.5 Å². The molecule has 106 valence electrons. The molecule has 2 unspecified atom stereocenters. The second-order valence-corrected chi connectivity index (χ2v) is 5.26. The maximum atomic E-state index is 9.33. The van der Waals surface area contributed by atoms with Crippen LogP contribution in [-0.4, -0.2) is 31.0 Å². The van der Waals surface area contributed by atoms with E-state index in [0.717, 1.165) is 23.5 Å². The van der Waals surface area contributed by atoms with E-state index in [1.165, 1.54) is 0 Å². The summed E-state index contributed by atoms with van der Waals surface area (Å²) in [7, 11) is 0. The Balaban J connectivity index is 2.36. The van der Waals surface area contributed by atoms with E-state index in [-0.39, 0.29) is 18.1 Å². The van der Waals surface area contributed by atoms with E-state index in [2.05, 4.69) is 13.8 Å². The zero-order chi connectivity index (χ0) is 13.9. The Bertz CT molecular complexity index is 435. The van der Waals surface area contributed by atoms with Crippen LogP contribution in [0.25, 0.3) is 0 Å². The van der Waals surface area contributed by atoms with E-state index in [1.54, 1.807) is 0 Å². The van der Waals surface area contributed by atoms with Gasteiger partial charge in [0.2, 0.25) is 0 Å². The molecule has 0 saturated carbocycles. The van der Waals surface area contributed by atoms with Crippen molar-refractivity contribution in [1.82, 2.24) is 0 Å². The molecule has 19 heavy (non-hydrogen) atoms. The number of aliphatic hydroxyl groups excluding tert-OH is 1. The fourth-order valence-electron chi connectivity index (χ4n) is 2.63. The number of aliphatic hydroxyl groups is 1. The minimum absolute atomic E-state index is 0.00205. The van der Waals surface area contributed by atoms with Crippen LogP contribution in [0.15, 0.2) is 18.2 Å². The molecule has 0 spiro atoms. The summed E-state index contributed by atoms with van der Waals surface area (Å²) in [5.41, 5.74) is 7.11. The average molecular weight is 265 g/mol. The third-order valence-corrected chi connectivity index (χ3v) is 4.09. The smallest absolute Gasteiger partial charge is 0.161 e. The fraction of sp³-hybridized carbons (Fsp3) is 0.600. The van der Waals surface area contributed by atoms with Gasteiger partial charge in [-0.2, -0.15) is 0 Å². The summed E-state index contributed by atoms with van der Waals surface area (Å²) >= 11 is 0. The maximum Gasteiger partial charge on any atom is 0.161 e. The normalized spacial score (nSPS) is 18.7. The Morgan fingerprint density at radius 3 is 2.63 bits per heavy atom. The predicted octanol–water partition coefficient (Wildman–Crippen LogP) is 1.84. The van der Waals surface area contributed by atoms with E-state index in [4.69, 9.17) is 15.2 Å². The fourth-order valence-corrected chi connectivity index (χ4v) is 2.63. The number of hydrogen-bond acceptors (Lipinski definition) is 4. The quantitative estimate of drug-likeness (QED) is 0.852. The SMILES string of the molecule is CCC(N)C(C)(CCO)c1ccc2c(c1)OCCO2. The highest BCUT2D eigenvalue weighted by Crippen LogP contribution is 2.38. The lowest BCUT2D eigenvalue weighted by molar-refractivity contribution is 0.170. The van der Waals surface area contributed by atoms with Crippen LogP contribution in [-0.2, 0) is 5.41 Å². The first-order valence-corrected chi connectivity index (χ1v) is 6.88. The molecule has 0 aliphatic carbocycles. The molecular formula is C15H23NO3. The lowest BCUT2D eigenvalue weighted by Gasteiger charge is -2.36. The van der Waals surface area contributed by atoms with E-state index >= 15 is 0 Å². The van der Waals surface area contributed by atoms with Crippen molar-refractivity contribution in [1.29, 1.82) is 0 Å². The Hall–Kier alpha value is -1.26. The minimum atomic E-state index is -0.251. The van der Waals surface area contributed by atoms with Gasteiger partial charge < -0.3 is 20.3 Å². The molecule has 2 atom stereocenters. The minimum Gasteiger partial charge on any atom is -0.486 e. The van der Waals surface area contributed by atoms with Crippen molar-refractivity contribution in [2.24, 2.45) is 5.73 Å². The topological polar surface area (TPSA) is 64.7 Å². The van der Waals surface area contributed by atoms with E-state index in [9.17, 15) is 5.11 Å². The van der Waals surface area contributed by atoms with Gasteiger partial charge in [0.25, 0.3) is 0 Å². The van der Waals surface area contributed by atoms with Gasteiger partial charge in [0.05, 0.1) is 0 Å². The third kappa shape index (κ3) is 2.69. The van der Waals surface area contributed by atoms with Crippen molar-refractivity contribution in [2.45, 2.75) is 38.1 Å². The Labute approximate surface area is 114 Å². The van der Waals surface area contributed by atoms with Crippen LogP contribution in [0, 0.1) is 0 Å². The highest BCUT2D eigenvalue weighted by atomic mass is 16.6. The molecule has 4 heteroatoms. The Kier molecular flexibility index (Phi) is 4.32. The number of rotatable bonds is 5. The maximum absolute atomic E-state index is 9.33. The van der Waals surface area contributed by atoms with Gasteiger partial charge in [-0.15, -0.1) is 0 Å². The molecule has 0 amide bonds. The van der Waals surface area contributed by atoms with Crippen LogP contribution >= 0.6 is 0 Å². The molecule has 0 saturated heterocycles. The van der Waals surface area contributed by atoms with Gasteiger partial charge in [0, 0.05) is 18.1 Å². The second-order valence-electron chi connectivity index (χ2n) is 5.26. The molecule has 1 aliphatic rings. The molecule has 1 aromatic rings. The summed E-state index contributed by atoms with van der Waals surface area (Å²) in [4.78, 5) is 0. The van der Waals surface area contributed by atoms with Crippen molar-refractivity contribution in [2.75, 3.05) is 19.8 Å². The van der Waals surface area contributed by atoms with Crippen LogP contribution in [0.2, 0.25) is 0 Å². The number of ether oxygens (including phenoxy) is 2. The summed E-state index contributed by atoms with van der Waals surface area (Å²) in [6.07, 6.45) is 1.51. The van der Waals surface area contributed by atoms with Gasteiger partial charge >= 0.3 is 0 Å². The van der Waals surface area contributed by atoms with E-state index in [0.29, 0.717) is 19.6 Å². The van der Waals surface area contributed by atoms with E-state index < -0.39 is 0 Å². The third-order valence-electron chi connectivity index (χ3n) is 4.09. The van der Waals surface area contributed by atoms with Crippen molar-refractivity contribution in [3.63, 3.8) is 0 Å². The summed E-state index contributed by atoms with van der Waals surface area (Å²) in [5.74, 6) is 1.56. The number of fused-ring (bicyclic) bond motifs is 1. The van der Waals surface area contributed by atoms with Crippen molar-refractivity contribution >= 4 is 0 Å². The first-order chi connectivity index (χ1) is 9.11. The molecule has 1 aromatic carbocycles. The number of nitrogens with two attached hydrogens (primary N) is 1. The van der Waals surface area contributed by atoms with Gasteiger partial charge in [-0.05, 0) is 30.5 Å². The van der Waals surface area contributed by atoms with Crippen molar-refractivity contribution in [3.05, 3.63) is 23.8 Å².